The van der Waals surface area contributed by atoms with E-state index < -0.39 is 15.4 Å². The number of nitrogens with zero attached hydrogens (tertiary/aromatic N) is 1. The van der Waals surface area contributed by atoms with Crippen molar-refractivity contribution in [3.63, 3.8) is 0 Å². The van der Waals surface area contributed by atoms with Crippen LogP contribution in [0.2, 0.25) is 0 Å². The molecule has 0 amide bonds. The Morgan fingerprint density at radius 3 is 2.74 bits per heavy atom. The van der Waals surface area contributed by atoms with Crippen LogP contribution in [-0.4, -0.2) is 38.4 Å². The second-order valence-electron chi connectivity index (χ2n) is 7.01. The molecule has 0 bridgehead atoms. The Morgan fingerprint density at radius 1 is 1.30 bits per heavy atom. The number of piperidine rings is 1. The molecule has 1 aliphatic heterocycles. The number of carbonyl (C=O) groups excluding carboxylic acids is 1. The van der Waals surface area contributed by atoms with Crippen LogP contribution >= 0.6 is 11.3 Å². The molecule has 0 aliphatic carbocycles. The quantitative estimate of drug-likeness (QED) is 0.686. The summed E-state index contributed by atoms with van der Waals surface area (Å²) in [6.45, 7) is 4.65. The van der Waals surface area contributed by atoms with E-state index in [1.807, 2.05) is 31.2 Å². The van der Waals surface area contributed by atoms with Crippen molar-refractivity contribution in [2.75, 3.05) is 19.7 Å². The first-order chi connectivity index (χ1) is 12.9. The first kappa shape index (κ1) is 20.0. The number of ether oxygens (including phenoxy) is 1. The van der Waals surface area contributed by atoms with Crippen LogP contribution in [0.1, 0.15) is 30.9 Å². The maximum absolute atomic E-state index is 13.0. The summed E-state index contributed by atoms with van der Waals surface area (Å²) in [5.74, 6) is -0.307. The Bertz CT molecular complexity index is 892. The molecule has 146 valence electrons. The van der Waals surface area contributed by atoms with Gasteiger partial charge in [0.1, 0.15) is 0 Å². The van der Waals surface area contributed by atoms with Gasteiger partial charge in [0.2, 0.25) is 10.0 Å². The Morgan fingerprint density at radius 2 is 2.07 bits per heavy atom. The van der Waals surface area contributed by atoms with Crippen molar-refractivity contribution >= 4 is 27.3 Å². The molecular formula is C20H25NO4S2. The number of rotatable bonds is 6. The maximum atomic E-state index is 13.0. The number of benzene rings is 1. The molecule has 1 saturated heterocycles. The summed E-state index contributed by atoms with van der Waals surface area (Å²) in [6, 6.07) is 9.54. The number of aryl methyl sites for hydroxylation is 1. The lowest BCUT2D eigenvalue weighted by Gasteiger charge is -2.40. The Hall–Kier alpha value is -1.70. The van der Waals surface area contributed by atoms with Crippen LogP contribution in [-0.2, 0) is 26.0 Å². The molecule has 1 aliphatic rings. The van der Waals surface area contributed by atoms with E-state index in [0.29, 0.717) is 30.7 Å². The molecule has 0 saturated carbocycles. The highest BCUT2D eigenvalue weighted by Crippen LogP contribution is 2.38. The summed E-state index contributed by atoms with van der Waals surface area (Å²) in [5, 5.41) is 3.39. The van der Waals surface area contributed by atoms with Crippen molar-refractivity contribution < 1.29 is 17.9 Å². The minimum Gasteiger partial charge on any atom is -0.466 e. The van der Waals surface area contributed by atoms with Gasteiger partial charge in [0.25, 0.3) is 0 Å². The smallest absolute Gasteiger partial charge is 0.313 e. The summed E-state index contributed by atoms with van der Waals surface area (Å²) in [7, 11) is -3.60. The van der Waals surface area contributed by atoms with E-state index in [1.54, 1.807) is 23.8 Å². The van der Waals surface area contributed by atoms with Gasteiger partial charge >= 0.3 is 5.97 Å². The predicted molar refractivity (Wildman–Crippen MR) is 106 cm³/mol. The van der Waals surface area contributed by atoms with Crippen LogP contribution in [0.15, 0.2) is 46.0 Å². The molecular weight excluding hydrogens is 382 g/mol. The van der Waals surface area contributed by atoms with Crippen LogP contribution in [0.3, 0.4) is 0 Å². The number of thiophene rings is 1. The monoisotopic (exact) mass is 407 g/mol. The summed E-state index contributed by atoms with van der Waals surface area (Å²) in [4.78, 5) is 13.2. The van der Waals surface area contributed by atoms with Gasteiger partial charge in [-0.3, -0.25) is 4.79 Å². The number of sulfonamides is 1. The van der Waals surface area contributed by atoms with Gasteiger partial charge in [-0.25, -0.2) is 8.42 Å². The molecule has 2 heterocycles. The fourth-order valence-corrected chi connectivity index (χ4v) is 6.26. The summed E-state index contributed by atoms with van der Waals surface area (Å²) >= 11 is 1.35. The molecule has 0 N–H and O–H groups in total. The second-order valence-corrected chi connectivity index (χ2v) is 9.72. The van der Waals surface area contributed by atoms with Crippen LogP contribution in [0.5, 0.6) is 0 Å². The lowest BCUT2D eigenvalue weighted by Crippen LogP contribution is -2.51. The topological polar surface area (TPSA) is 63.7 Å². The molecule has 3 rings (SSSR count). The van der Waals surface area contributed by atoms with Gasteiger partial charge < -0.3 is 4.74 Å². The third-order valence-electron chi connectivity index (χ3n) is 5.17. The van der Waals surface area contributed by atoms with Crippen LogP contribution in [0, 0.1) is 12.3 Å². The molecule has 1 aromatic carbocycles. The second kappa shape index (κ2) is 8.12. The SMILES string of the molecule is CCOC(=O)[C@]1(Cc2ccccc2C)CCCN(S(=O)(=O)c2ccsc2)C1. The van der Waals surface area contributed by atoms with Gasteiger partial charge in [0.05, 0.1) is 16.9 Å². The molecule has 5 nitrogen and oxygen atoms in total. The lowest BCUT2D eigenvalue weighted by atomic mass is 9.75. The molecule has 1 atom stereocenters. The molecule has 27 heavy (non-hydrogen) atoms. The van der Waals surface area contributed by atoms with E-state index in [1.165, 1.54) is 15.6 Å². The summed E-state index contributed by atoms with van der Waals surface area (Å²) < 4.78 is 32.9. The largest absolute Gasteiger partial charge is 0.466 e. The standard InChI is InChI=1S/C20H25NO4S2/c1-3-25-19(22)20(13-17-8-5-4-7-16(17)2)10-6-11-21(15-20)27(23,24)18-9-12-26-14-18/h4-5,7-9,12,14H,3,6,10-11,13,15H2,1-2H3/t20-/m0/s1. The third-order valence-corrected chi connectivity index (χ3v) is 7.85. The van der Waals surface area contributed by atoms with Crippen molar-refractivity contribution in [1.82, 2.24) is 4.31 Å². The minimum absolute atomic E-state index is 0.151. The highest BCUT2D eigenvalue weighted by Gasteiger charge is 2.46. The van der Waals surface area contributed by atoms with E-state index in [4.69, 9.17) is 4.74 Å². The van der Waals surface area contributed by atoms with Crippen molar-refractivity contribution in [1.29, 1.82) is 0 Å². The first-order valence-corrected chi connectivity index (χ1v) is 11.5. The highest BCUT2D eigenvalue weighted by atomic mass is 32.2. The Balaban J connectivity index is 1.95. The van der Waals surface area contributed by atoms with E-state index in [9.17, 15) is 13.2 Å². The average Bonchev–Trinajstić information content (AvgIpc) is 3.20. The molecule has 7 heteroatoms. The molecule has 0 radical (unpaired) electrons. The summed E-state index contributed by atoms with van der Waals surface area (Å²) in [6.07, 6.45) is 1.73. The summed E-state index contributed by atoms with van der Waals surface area (Å²) in [5.41, 5.74) is 1.29. The third kappa shape index (κ3) is 4.10. The van der Waals surface area contributed by atoms with E-state index >= 15 is 0 Å². The van der Waals surface area contributed by atoms with Crippen LogP contribution in [0.25, 0.3) is 0 Å². The molecule has 2 aromatic rings. The predicted octanol–water partition coefficient (Wildman–Crippen LogP) is 3.63. The normalized spacial score (nSPS) is 21.1. The number of esters is 1. The number of carbonyl (C=O) groups is 1. The Kier molecular flexibility index (Phi) is 6.03. The van der Waals surface area contributed by atoms with Crippen molar-refractivity contribution in [2.24, 2.45) is 5.41 Å². The highest BCUT2D eigenvalue weighted by molar-refractivity contribution is 7.89. The van der Waals surface area contributed by atoms with E-state index in [0.717, 1.165) is 11.1 Å². The zero-order chi connectivity index (χ0) is 19.5. The minimum atomic E-state index is -3.60. The molecule has 1 aromatic heterocycles. The Labute approximate surface area is 165 Å². The van der Waals surface area contributed by atoms with Gasteiger partial charge in [-0.2, -0.15) is 15.6 Å². The zero-order valence-corrected chi connectivity index (χ0v) is 17.3. The van der Waals surface area contributed by atoms with Gasteiger partial charge in [-0.1, -0.05) is 24.3 Å². The number of hydrogen-bond donors (Lipinski definition) is 0. The zero-order valence-electron chi connectivity index (χ0n) is 15.7. The average molecular weight is 408 g/mol. The van der Waals surface area contributed by atoms with E-state index in [-0.39, 0.29) is 19.1 Å². The van der Waals surface area contributed by atoms with Gasteiger partial charge in [-0.15, -0.1) is 0 Å². The van der Waals surface area contributed by atoms with Crippen molar-refractivity contribution in [3.8, 4) is 0 Å². The van der Waals surface area contributed by atoms with Crippen molar-refractivity contribution in [3.05, 3.63) is 52.2 Å². The molecule has 1 fully saturated rings. The van der Waals surface area contributed by atoms with Gasteiger partial charge in [-0.05, 0) is 55.7 Å². The first-order valence-electron chi connectivity index (χ1n) is 9.13. The lowest BCUT2D eigenvalue weighted by molar-refractivity contribution is -0.157. The van der Waals surface area contributed by atoms with Gasteiger partial charge in [0.15, 0.2) is 0 Å². The fraction of sp³-hybridized carbons (Fsp3) is 0.450. The number of hydrogen-bond acceptors (Lipinski definition) is 5. The van der Waals surface area contributed by atoms with Gasteiger partial charge in [0, 0.05) is 18.5 Å². The maximum Gasteiger partial charge on any atom is 0.313 e. The van der Waals surface area contributed by atoms with E-state index in [2.05, 4.69) is 0 Å². The van der Waals surface area contributed by atoms with Crippen LogP contribution in [0.4, 0.5) is 0 Å². The van der Waals surface area contributed by atoms with Crippen LogP contribution < -0.4 is 0 Å². The molecule has 0 spiro atoms. The van der Waals surface area contributed by atoms with Crippen molar-refractivity contribution in [2.45, 2.75) is 38.0 Å². The molecule has 0 unspecified atom stereocenters. The fourth-order valence-electron chi connectivity index (χ4n) is 3.68.